The molecule has 0 saturated carbocycles. The highest BCUT2D eigenvalue weighted by Crippen LogP contribution is 2.33. The molecule has 0 bridgehead atoms. The first kappa shape index (κ1) is 23.6. The van der Waals surface area contributed by atoms with Crippen LogP contribution in [0.2, 0.25) is 0 Å². The number of halogens is 2. The fourth-order valence-electron chi connectivity index (χ4n) is 4.25. The minimum absolute atomic E-state index is 0.140. The van der Waals surface area contributed by atoms with Gasteiger partial charge in [0.2, 0.25) is 0 Å². The van der Waals surface area contributed by atoms with E-state index in [9.17, 15) is 22.0 Å². The summed E-state index contributed by atoms with van der Waals surface area (Å²) in [6.07, 6.45) is 0.620. The fourth-order valence-corrected chi connectivity index (χ4v) is 6.14. The van der Waals surface area contributed by atoms with Gasteiger partial charge in [-0.1, -0.05) is 12.1 Å². The molecule has 1 fully saturated rings. The number of carbonyl (C=O) groups excluding carboxylic acids is 1. The molecule has 2 aromatic carbocycles. The maximum atomic E-state index is 14.1. The lowest BCUT2D eigenvalue weighted by molar-refractivity contribution is 0.0757. The summed E-state index contributed by atoms with van der Waals surface area (Å²) in [5.74, 6) is -1.80. The average Bonchev–Trinajstić information content (AvgIpc) is 3.25. The second kappa shape index (κ2) is 9.48. The standard InChI is InChI=1S/C24H22F2N4O3S2/c25-17-5-6-18(19(26)14-17)24(31)30-9-2-8-29(10-11-30)15-23-27-20-7-4-16(21-3-1-12-34-21)13-22(20)35(32,33)28-23/h1,3-7,12-14H,2,8-11,15H2,(H,27,28). The minimum Gasteiger partial charge on any atom is -0.341 e. The third kappa shape index (κ3) is 4.97. The third-order valence-corrected chi connectivity index (χ3v) is 8.26. The molecule has 1 aromatic heterocycles. The molecule has 0 spiro atoms. The van der Waals surface area contributed by atoms with Crippen molar-refractivity contribution in [1.82, 2.24) is 9.80 Å². The van der Waals surface area contributed by atoms with E-state index in [1.54, 1.807) is 12.1 Å². The summed E-state index contributed by atoms with van der Waals surface area (Å²) in [5.41, 5.74) is 1.13. The molecule has 182 valence electrons. The number of nitrogens with zero attached hydrogens (tertiary/aromatic N) is 3. The molecule has 2 aliphatic heterocycles. The second-order valence-corrected chi connectivity index (χ2v) is 10.9. The SMILES string of the molecule is O=C(c1ccc(F)cc1F)N1CCCN(CC2=NS(=O)(=O)c3cc(-c4cccs4)ccc3N2)CC1. The Morgan fingerprint density at radius 3 is 2.69 bits per heavy atom. The summed E-state index contributed by atoms with van der Waals surface area (Å²) >= 11 is 1.53. The molecule has 11 heteroatoms. The van der Waals surface area contributed by atoms with Crippen LogP contribution in [0.15, 0.2) is 63.2 Å². The van der Waals surface area contributed by atoms with Crippen LogP contribution >= 0.6 is 11.3 Å². The molecule has 0 atom stereocenters. The van der Waals surface area contributed by atoms with Gasteiger partial charge in [0.05, 0.1) is 17.8 Å². The first-order valence-electron chi connectivity index (χ1n) is 11.1. The lowest BCUT2D eigenvalue weighted by Gasteiger charge is -2.25. The lowest BCUT2D eigenvalue weighted by atomic mass is 10.1. The van der Waals surface area contributed by atoms with Crippen LogP contribution in [-0.4, -0.2) is 62.7 Å². The predicted octanol–water partition coefficient (Wildman–Crippen LogP) is 4.05. The average molecular weight is 517 g/mol. The Kier molecular flexibility index (Phi) is 6.39. The Balaban J connectivity index is 1.27. The van der Waals surface area contributed by atoms with Crippen molar-refractivity contribution >= 4 is 38.8 Å². The fraction of sp³-hybridized carbons (Fsp3) is 0.250. The van der Waals surface area contributed by atoms with Crippen LogP contribution in [0.5, 0.6) is 0 Å². The van der Waals surface area contributed by atoms with Gasteiger partial charge in [-0.3, -0.25) is 9.69 Å². The van der Waals surface area contributed by atoms with E-state index < -0.39 is 27.6 Å². The van der Waals surface area contributed by atoms with Crippen LogP contribution in [0.1, 0.15) is 16.8 Å². The molecular formula is C24H22F2N4O3S2. The highest BCUT2D eigenvalue weighted by atomic mass is 32.2. The number of thiophene rings is 1. The van der Waals surface area contributed by atoms with Crippen LogP contribution < -0.4 is 5.32 Å². The Morgan fingerprint density at radius 1 is 1.06 bits per heavy atom. The zero-order valence-corrected chi connectivity index (χ0v) is 20.2. The molecule has 35 heavy (non-hydrogen) atoms. The summed E-state index contributed by atoms with van der Waals surface area (Å²) in [7, 11) is -3.87. The predicted molar refractivity (Wildman–Crippen MR) is 131 cm³/mol. The van der Waals surface area contributed by atoms with Crippen molar-refractivity contribution in [2.45, 2.75) is 11.3 Å². The molecule has 1 saturated heterocycles. The van der Waals surface area contributed by atoms with Crippen molar-refractivity contribution in [3.8, 4) is 10.4 Å². The van der Waals surface area contributed by atoms with Crippen molar-refractivity contribution in [2.75, 3.05) is 38.0 Å². The number of rotatable bonds is 4. The van der Waals surface area contributed by atoms with E-state index >= 15 is 0 Å². The zero-order chi connectivity index (χ0) is 24.6. The third-order valence-electron chi connectivity index (χ3n) is 5.99. The number of nitrogens with one attached hydrogen (secondary N) is 1. The Bertz CT molecular complexity index is 1410. The molecule has 5 rings (SSSR count). The van der Waals surface area contributed by atoms with E-state index in [-0.39, 0.29) is 17.0 Å². The number of benzene rings is 2. The first-order valence-corrected chi connectivity index (χ1v) is 13.4. The van der Waals surface area contributed by atoms with Crippen LogP contribution in [0.3, 0.4) is 0 Å². The smallest absolute Gasteiger partial charge is 0.286 e. The Labute approximate surface area is 205 Å². The topological polar surface area (TPSA) is 82.1 Å². The molecule has 0 aliphatic carbocycles. The number of anilines is 1. The van der Waals surface area contributed by atoms with Crippen molar-refractivity contribution in [1.29, 1.82) is 0 Å². The number of amides is 1. The summed E-state index contributed by atoms with van der Waals surface area (Å²) in [4.78, 5) is 17.4. The van der Waals surface area contributed by atoms with E-state index in [1.165, 1.54) is 16.2 Å². The van der Waals surface area contributed by atoms with E-state index in [4.69, 9.17) is 0 Å². The van der Waals surface area contributed by atoms with Gasteiger partial charge in [0, 0.05) is 37.1 Å². The van der Waals surface area contributed by atoms with Gasteiger partial charge in [0.1, 0.15) is 22.4 Å². The highest BCUT2D eigenvalue weighted by Gasteiger charge is 2.28. The minimum atomic E-state index is -3.87. The van der Waals surface area contributed by atoms with E-state index in [2.05, 4.69) is 9.71 Å². The van der Waals surface area contributed by atoms with Gasteiger partial charge in [-0.05, 0) is 47.7 Å². The molecule has 0 unspecified atom stereocenters. The highest BCUT2D eigenvalue weighted by molar-refractivity contribution is 7.90. The molecular weight excluding hydrogens is 494 g/mol. The van der Waals surface area contributed by atoms with Crippen LogP contribution in [-0.2, 0) is 10.0 Å². The number of amidine groups is 1. The largest absolute Gasteiger partial charge is 0.341 e. The lowest BCUT2D eigenvalue weighted by Crippen LogP contribution is -2.39. The maximum absolute atomic E-state index is 14.1. The van der Waals surface area contributed by atoms with Crippen LogP contribution in [0.4, 0.5) is 14.5 Å². The van der Waals surface area contributed by atoms with Crippen molar-refractivity contribution in [3.05, 3.63) is 71.1 Å². The molecule has 3 aromatic rings. The second-order valence-electron chi connectivity index (χ2n) is 8.37. The van der Waals surface area contributed by atoms with Gasteiger partial charge in [0.15, 0.2) is 0 Å². The number of hydrogen-bond donors (Lipinski definition) is 1. The van der Waals surface area contributed by atoms with Gasteiger partial charge < -0.3 is 10.2 Å². The molecule has 7 nitrogen and oxygen atoms in total. The molecule has 1 amide bonds. The molecule has 2 aliphatic rings. The summed E-state index contributed by atoms with van der Waals surface area (Å²) in [6.45, 7) is 2.08. The van der Waals surface area contributed by atoms with Crippen LogP contribution in [0.25, 0.3) is 10.4 Å². The van der Waals surface area contributed by atoms with Gasteiger partial charge in [-0.15, -0.1) is 15.7 Å². The van der Waals surface area contributed by atoms with Gasteiger partial charge in [-0.2, -0.15) is 8.42 Å². The van der Waals surface area contributed by atoms with Crippen LogP contribution in [0, 0.1) is 11.6 Å². The number of carbonyl (C=O) groups is 1. The summed E-state index contributed by atoms with van der Waals surface area (Å²) < 4.78 is 57.1. The molecule has 1 N–H and O–H groups in total. The maximum Gasteiger partial charge on any atom is 0.286 e. The van der Waals surface area contributed by atoms with E-state index in [0.717, 1.165) is 22.6 Å². The van der Waals surface area contributed by atoms with Gasteiger partial charge in [-0.25, -0.2) is 8.78 Å². The van der Waals surface area contributed by atoms with E-state index in [1.807, 2.05) is 28.5 Å². The van der Waals surface area contributed by atoms with Crippen molar-refractivity contribution in [2.24, 2.45) is 4.40 Å². The Morgan fingerprint density at radius 2 is 1.91 bits per heavy atom. The van der Waals surface area contributed by atoms with Gasteiger partial charge in [0.25, 0.3) is 15.9 Å². The van der Waals surface area contributed by atoms with E-state index in [0.29, 0.717) is 50.2 Å². The quantitative estimate of drug-likeness (QED) is 0.566. The molecule has 3 heterocycles. The number of sulfonamides is 1. The zero-order valence-electron chi connectivity index (χ0n) is 18.6. The summed E-state index contributed by atoms with van der Waals surface area (Å²) in [6, 6.07) is 12.0. The Hall–Kier alpha value is -3.15. The summed E-state index contributed by atoms with van der Waals surface area (Å²) in [5, 5.41) is 5.07. The van der Waals surface area contributed by atoms with Crippen molar-refractivity contribution < 1.29 is 22.0 Å². The monoisotopic (exact) mass is 516 g/mol. The van der Waals surface area contributed by atoms with Gasteiger partial charge >= 0.3 is 0 Å². The molecule has 0 radical (unpaired) electrons. The first-order chi connectivity index (χ1) is 16.8. The number of hydrogen-bond acceptors (Lipinski definition) is 6. The number of fused-ring (bicyclic) bond motifs is 1. The normalized spacial score (nSPS) is 17.8. The van der Waals surface area contributed by atoms with Crippen molar-refractivity contribution in [3.63, 3.8) is 0 Å².